The summed E-state index contributed by atoms with van der Waals surface area (Å²) in [6.07, 6.45) is 10.1. The second kappa shape index (κ2) is 24.3. The van der Waals surface area contributed by atoms with Gasteiger partial charge in [0.15, 0.2) is 0 Å². The second-order valence-corrected chi connectivity index (χ2v) is 15.9. The van der Waals surface area contributed by atoms with Gasteiger partial charge < -0.3 is 47.0 Å². The molecular formula is C48H56ClN10NaO6. The summed E-state index contributed by atoms with van der Waals surface area (Å²) in [4.78, 5) is 65.8. The summed E-state index contributed by atoms with van der Waals surface area (Å²) < 4.78 is 12.4. The van der Waals surface area contributed by atoms with Gasteiger partial charge in [-0.1, -0.05) is 48.5 Å². The quantitative estimate of drug-likeness (QED) is 0.100. The van der Waals surface area contributed by atoms with Gasteiger partial charge in [0.1, 0.15) is 17.8 Å². The molecule has 2 saturated heterocycles. The Morgan fingerprint density at radius 1 is 0.712 bits per heavy atom. The van der Waals surface area contributed by atoms with E-state index in [9.17, 15) is 19.2 Å². The summed E-state index contributed by atoms with van der Waals surface area (Å²) in [6.45, 7) is 3.49. The number of benzene rings is 4. The number of hydrogen-bond acceptors (Lipinski definition) is 10. The number of ether oxygens (including phenoxy) is 2. The van der Waals surface area contributed by atoms with Crippen molar-refractivity contribution in [3.05, 3.63) is 133 Å². The van der Waals surface area contributed by atoms with Gasteiger partial charge in [0.05, 0.1) is 49.5 Å². The molecule has 6 aromatic rings. The first-order valence-electron chi connectivity index (χ1n) is 21.2. The fourth-order valence-corrected chi connectivity index (χ4v) is 8.05. The predicted octanol–water partition coefficient (Wildman–Crippen LogP) is 4.47. The first-order valence-corrected chi connectivity index (χ1v) is 21.5. The van der Waals surface area contributed by atoms with Gasteiger partial charge in [0, 0.05) is 80.8 Å². The third kappa shape index (κ3) is 12.9. The zero-order chi connectivity index (χ0) is 46.5. The van der Waals surface area contributed by atoms with Crippen LogP contribution in [-0.2, 0) is 0 Å². The number of H-pyrrole nitrogens is 1. The second-order valence-electron chi connectivity index (χ2n) is 15.6. The van der Waals surface area contributed by atoms with Gasteiger partial charge in [0.25, 0.3) is 0 Å². The third-order valence-electron chi connectivity index (χ3n) is 11.7. The molecular weight excluding hydrogens is 871 g/mol. The van der Waals surface area contributed by atoms with Crippen LogP contribution in [0, 0.1) is 0 Å². The summed E-state index contributed by atoms with van der Waals surface area (Å²) in [6, 6.07) is 30.3. The number of rotatable bonds is 10. The zero-order valence-electron chi connectivity index (χ0n) is 39.0. The van der Waals surface area contributed by atoms with E-state index in [-0.39, 0.29) is 54.5 Å². The Morgan fingerprint density at radius 3 is 1.67 bits per heavy atom. The molecule has 2 aliphatic heterocycles. The molecule has 66 heavy (non-hydrogen) atoms. The standard InChI is InChI=1S/C24H27N5O3.C14H19ClN2O2.C10H9N3O.Na.H/c1-27(19-10-12-28(13-11-19)21-8-3-4-9-22(21)32-2)24(31)29-15-20(26-16-29)17-6-5-7-18(14-17)23(25)30;1-16(14(15)18)11-7-9-17(10-8-11)12-5-3-4-6-13(12)19-2;11-10(14)8-3-1-2-7(4-8)9-5-12-6-13-9;;/h3-9,14-16,19H,10-13H2,1-2H3,(H2,25,30);3-6,11H,7-10H2,1-2H3;1-6H,(H2,11,14)(H,12,13);;/q;;;+1;-1. The first-order chi connectivity index (χ1) is 31.4. The van der Waals surface area contributed by atoms with Gasteiger partial charge in [-0.05, 0) is 85.8 Å². The number of piperidine rings is 2. The van der Waals surface area contributed by atoms with Crippen LogP contribution < -0.4 is 60.3 Å². The molecule has 0 radical (unpaired) electrons. The molecule has 8 rings (SSSR count). The largest absolute Gasteiger partial charge is 1.00 e. The van der Waals surface area contributed by atoms with Crippen LogP contribution >= 0.6 is 11.6 Å². The molecule has 16 nitrogen and oxygen atoms in total. The number of carbonyl (C=O) groups excluding carboxylic acids is 4. The van der Waals surface area contributed by atoms with Crippen LogP contribution in [0.25, 0.3) is 22.5 Å². The number of aromatic amines is 1. The van der Waals surface area contributed by atoms with E-state index < -0.39 is 11.8 Å². The summed E-state index contributed by atoms with van der Waals surface area (Å²) in [5.74, 6) is 0.831. The molecule has 342 valence electrons. The number of amides is 4. The SMILES string of the molecule is COc1ccccc1N1CCC(N(C)C(=O)Cl)CC1.COc1ccccc1N1CCC(N(C)C(=O)n2cnc(-c3cccc(C(N)=O)c3)c2)CC1.NC(=O)c1cccc(-c2cnc[nH]2)c1.[H-].[Na+]. The van der Waals surface area contributed by atoms with Crippen LogP contribution in [0.15, 0.2) is 122 Å². The molecule has 0 saturated carbocycles. The summed E-state index contributed by atoms with van der Waals surface area (Å²) in [7, 11) is 6.96. The number of hydrogen-bond donors (Lipinski definition) is 3. The Balaban J connectivity index is 0.000000238. The Hall–Kier alpha value is -6.33. The minimum absolute atomic E-state index is 0. The van der Waals surface area contributed by atoms with Gasteiger partial charge in [-0.15, -0.1) is 0 Å². The van der Waals surface area contributed by atoms with Crippen LogP contribution in [0.4, 0.5) is 21.0 Å². The number of halogens is 1. The number of nitrogens with one attached hydrogen (secondary N) is 1. The van der Waals surface area contributed by atoms with Crippen LogP contribution in [0.2, 0.25) is 0 Å². The number of carbonyl (C=O) groups is 4. The fourth-order valence-electron chi connectivity index (χ4n) is 7.91. The van der Waals surface area contributed by atoms with Gasteiger partial charge in [-0.2, -0.15) is 0 Å². The Morgan fingerprint density at radius 2 is 1.20 bits per heavy atom. The summed E-state index contributed by atoms with van der Waals surface area (Å²) in [5.41, 5.74) is 16.8. The van der Waals surface area contributed by atoms with Crippen LogP contribution in [0.5, 0.6) is 11.5 Å². The van der Waals surface area contributed by atoms with Gasteiger partial charge >= 0.3 is 41.0 Å². The van der Waals surface area contributed by atoms with Crippen molar-refractivity contribution in [3.8, 4) is 34.0 Å². The maximum Gasteiger partial charge on any atom is 1.00 e. The number of aromatic nitrogens is 4. The van der Waals surface area contributed by atoms with Crippen molar-refractivity contribution >= 4 is 46.2 Å². The Labute approximate surface area is 413 Å². The van der Waals surface area contributed by atoms with E-state index in [1.54, 1.807) is 86.2 Å². The number of methoxy groups -OCH3 is 2. The average molecular weight is 927 g/mol. The topological polar surface area (TPSA) is 198 Å². The molecule has 2 aliphatic rings. The van der Waals surface area contributed by atoms with Gasteiger partial charge in [-0.3, -0.25) is 19.0 Å². The van der Waals surface area contributed by atoms with Crippen LogP contribution in [0.3, 0.4) is 0 Å². The molecule has 0 aliphatic carbocycles. The van der Waals surface area contributed by atoms with Gasteiger partial charge in [-0.25, -0.2) is 14.8 Å². The number of para-hydroxylation sites is 4. The Bertz CT molecular complexity index is 2550. The summed E-state index contributed by atoms with van der Waals surface area (Å²) >= 11 is 5.52. The van der Waals surface area contributed by atoms with E-state index >= 15 is 0 Å². The Kier molecular flexibility index (Phi) is 18.6. The number of imidazole rings is 2. The van der Waals surface area contributed by atoms with Crippen molar-refractivity contribution in [1.82, 2.24) is 29.3 Å². The minimum atomic E-state index is -0.499. The van der Waals surface area contributed by atoms with Crippen molar-refractivity contribution in [1.29, 1.82) is 0 Å². The predicted molar refractivity (Wildman–Crippen MR) is 254 cm³/mol. The molecule has 18 heteroatoms. The number of nitrogens with two attached hydrogens (primary N) is 2. The van der Waals surface area contributed by atoms with E-state index in [2.05, 4.69) is 36.9 Å². The number of anilines is 2. The van der Waals surface area contributed by atoms with E-state index in [4.69, 9.17) is 32.5 Å². The minimum Gasteiger partial charge on any atom is -1.00 e. The molecule has 4 amide bonds. The van der Waals surface area contributed by atoms with Crippen LogP contribution in [0.1, 0.15) is 47.8 Å². The van der Waals surface area contributed by atoms with E-state index in [1.807, 2.05) is 55.6 Å². The zero-order valence-corrected chi connectivity index (χ0v) is 40.7. The fraction of sp³-hybridized carbons (Fsp3) is 0.292. The van der Waals surface area contributed by atoms with Crippen LogP contribution in [-0.4, -0.2) is 119 Å². The molecule has 4 heterocycles. The monoisotopic (exact) mass is 926 g/mol. The first kappa shape index (κ1) is 50.7. The molecule has 0 atom stereocenters. The van der Waals surface area contributed by atoms with E-state index in [0.717, 1.165) is 91.6 Å². The van der Waals surface area contributed by atoms with Crippen molar-refractivity contribution in [2.45, 2.75) is 37.8 Å². The molecule has 0 bridgehead atoms. The third-order valence-corrected chi connectivity index (χ3v) is 11.9. The van der Waals surface area contributed by atoms with Gasteiger partial charge in [0.2, 0.25) is 11.8 Å². The van der Waals surface area contributed by atoms with Crippen molar-refractivity contribution in [2.24, 2.45) is 11.5 Å². The van der Waals surface area contributed by atoms with Crippen molar-refractivity contribution in [2.75, 3.05) is 64.3 Å². The van der Waals surface area contributed by atoms with E-state index in [0.29, 0.717) is 16.8 Å². The normalized spacial score (nSPS) is 13.7. The van der Waals surface area contributed by atoms with Crippen molar-refractivity contribution < 1.29 is 59.6 Å². The maximum absolute atomic E-state index is 13.1. The van der Waals surface area contributed by atoms with Crippen molar-refractivity contribution in [3.63, 3.8) is 0 Å². The molecule has 0 spiro atoms. The number of nitrogens with zero attached hydrogens (tertiary/aromatic N) is 7. The molecule has 2 aromatic heterocycles. The molecule has 0 unspecified atom stereocenters. The molecule has 4 aromatic carbocycles. The van der Waals surface area contributed by atoms with E-state index in [1.165, 1.54) is 10.9 Å². The smallest absolute Gasteiger partial charge is 1.00 e. The number of primary amides is 2. The summed E-state index contributed by atoms with van der Waals surface area (Å²) in [5, 5.41) is -0.379. The molecule has 2 fully saturated rings. The molecule has 5 N–H and O–H groups in total. The maximum atomic E-state index is 13.1. The average Bonchev–Trinajstić information content (AvgIpc) is 4.08.